The monoisotopic (exact) mass is 306 g/mol. The van der Waals surface area contributed by atoms with E-state index in [1.807, 2.05) is 24.3 Å². The Hall–Kier alpha value is -0.970. The maximum atomic E-state index is 12.5. The highest BCUT2D eigenvalue weighted by Crippen LogP contribution is 2.48. The summed E-state index contributed by atoms with van der Waals surface area (Å²) < 4.78 is 29.9. The lowest BCUT2D eigenvalue weighted by molar-refractivity contribution is -0.126. The molecule has 94 valence electrons. The Morgan fingerprint density at radius 3 is 2.18 bits per heavy atom. The number of hydrogen-bond acceptors (Lipinski definition) is 2. The first-order valence-corrected chi connectivity index (χ1v) is 5.87. The van der Waals surface area contributed by atoms with Crippen LogP contribution in [0.25, 0.3) is 0 Å². The molecule has 1 aliphatic carbocycles. The van der Waals surface area contributed by atoms with Gasteiger partial charge in [-0.25, -0.2) is 8.78 Å². The average molecular weight is 307 g/mol. The minimum Gasteiger partial charge on any atom is -0.471 e. The van der Waals surface area contributed by atoms with E-state index in [4.69, 9.17) is 4.79 Å². The maximum absolute atomic E-state index is 12.5. The van der Waals surface area contributed by atoms with Crippen LogP contribution < -0.4 is 0 Å². The van der Waals surface area contributed by atoms with E-state index in [0.29, 0.717) is 6.47 Å². The number of halogens is 3. The summed E-state index contributed by atoms with van der Waals surface area (Å²) in [6, 6.07) is 7.60. The van der Waals surface area contributed by atoms with Crippen molar-refractivity contribution >= 4 is 22.4 Å². The second-order valence-corrected chi connectivity index (χ2v) is 4.76. The van der Waals surface area contributed by atoms with Crippen LogP contribution in [0.4, 0.5) is 8.78 Å². The number of methoxy groups -OCH3 is 1. The summed E-state index contributed by atoms with van der Waals surface area (Å²) in [7, 11) is 1.31. The van der Waals surface area contributed by atoms with Crippen molar-refractivity contribution in [3.05, 3.63) is 34.3 Å². The van der Waals surface area contributed by atoms with Gasteiger partial charge in [-0.1, -0.05) is 28.1 Å². The first-order valence-electron chi connectivity index (χ1n) is 5.08. The first kappa shape index (κ1) is 14.1. The summed E-state index contributed by atoms with van der Waals surface area (Å²) in [6.07, 6.45) is 0.0171. The molecule has 0 N–H and O–H groups in total. The van der Waals surface area contributed by atoms with Crippen LogP contribution in [-0.2, 0) is 9.53 Å². The van der Waals surface area contributed by atoms with Gasteiger partial charge < -0.3 is 4.74 Å². The van der Waals surface area contributed by atoms with E-state index in [9.17, 15) is 8.78 Å². The van der Waals surface area contributed by atoms with Crippen LogP contribution in [0.3, 0.4) is 0 Å². The largest absolute Gasteiger partial charge is 0.471 e. The van der Waals surface area contributed by atoms with Gasteiger partial charge in [0.25, 0.3) is 6.47 Å². The van der Waals surface area contributed by atoms with Gasteiger partial charge in [0.05, 0.1) is 7.11 Å². The Labute approximate surface area is 107 Å². The number of carbonyl (C=O) groups is 1. The van der Waals surface area contributed by atoms with Crippen molar-refractivity contribution in [1.82, 2.24) is 0 Å². The molecule has 2 nitrogen and oxygen atoms in total. The van der Waals surface area contributed by atoms with Crippen molar-refractivity contribution in [2.75, 3.05) is 7.11 Å². The van der Waals surface area contributed by atoms with E-state index in [1.165, 1.54) is 7.11 Å². The normalized spacial score (nSPS) is 17.4. The summed E-state index contributed by atoms with van der Waals surface area (Å²) in [5.41, 5.74) is 1.02. The van der Waals surface area contributed by atoms with Gasteiger partial charge in [-0.05, 0) is 23.6 Å². The fourth-order valence-electron chi connectivity index (χ4n) is 1.63. The molecule has 1 aromatic rings. The second-order valence-electron chi connectivity index (χ2n) is 3.84. The zero-order valence-corrected chi connectivity index (χ0v) is 10.9. The number of benzene rings is 1. The molecule has 1 fully saturated rings. The Kier molecular flexibility index (Phi) is 5.05. The Balaban J connectivity index is 0.000000317. The van der Waals surface area contributed by atoms with E-state index in [-0.39, 0.29) is 18.8 Å². The first-order chi connectivity index (χ1) is 7.98. The number of ether oxygens (including phenoxy) is 1. The molecule has 1 aromatic carbocycles. The van der Waals surface area contributed by atoms with Crippen molar-refractivity contribution in [2.45, 2.75) is 24.7 Å². The molecule has 2 rings (SSSR count). The molecular weight excluding hydrogens is 294 g/mol. The number of alkyl halides is 2. The third-order valence-electron chi connectivity index (χ3n) is 2.53. The SMILES string of the molecule is COC=O.FC1(F)CC(c2ccc(Br)cc2)C1. The molecule has 0 heterocycles. The molecule has 0 aromatic heterocycles. The van der Waals surface area contributed by atoms with Crippen LogP contribution in [0.5, 0.6) is 0 Å². The highest BCUT2D eigenvalue weighted by Gasteiger charge is 2.45. The van der Waals surface area contributed by atoms with Crippen molar-refractivity contribution in [3.63, 3.8) is 0 Å². The van der Waals surface area contributed by atoms with Crippen LogP contribution in [0.1, 0.15) is 24.3 Å². The average Bonchev–Trinajstić information content (AvgIpc) is 2.27. The predicted octanol–water partition coefficient (Wildman–Crippen LogP) is 3.75. The molecule has 0 bridgehead atoms. The topological polar surface area (TPSA) is 26.3 Å². The Bertz CT molecular complexity index is 357. The molecule has 0 atom stereocenters. The molecule has 0 amide bonds. The maximum Gasteiger partial charge on any atom is 0.292 e. The number of hydrogen-bond donors (Lipinski definition) is 0. The van der Waals surface area contributed by atoms with Crippen molar-refractivity contribution in [3.8, 4) is 0 Å². The highest BCUT2D eigenvalue weighted by atomic mass is 79.9. The van der Waals surface area contributed by atoms with Gasteiger partial charge >= 0.3 is 0 Å². The molecule has 0 radical (unpaired) electrons. The summed E-state index contributed by atoms with van der Waals surface area (Å²) in [5, 5.41) is 0. The van der Waals surface area contributed by atoms with Crippen LogP contribution >= 0.6 is 15.9 Å². The summed E-state index contributed by atoms with van der Waals surface area (Å²) in [4.78, 5) is 8.95. The molecule has 0 saturated heterocycles. The Morgan fingerprint density at radius 2 is 1.82 bits per heavy atom. The third-order valence-corrected chi connectivity index (χ3v) is 3.06. The van der Waals surface area contributed by atoms with E-state index < -0.39 is 5.92 Å². The minimum atomic E-state index is -2.42. The molecule has 0 aliphatic heterocycles. The van der Waals surface area contributed by atoms with E-state index >= 15 is 0 Å². The summed E-state index contributed by atoms with van der Waals surface area (Å²) >= 11 is 3.31. The van der Waals surface area contributed by atoms with Gasteiger partial charge in [0, 0.05) is 17.3 Å². The fraction of sp³-hybridized carbons (Fsp3) is 0.417. The zero-order chi connectivity index (χ0) is 12.9. The van der Waals surface area contributed by atoms with E-state index in [0.717, 1.165) is 10.0 Å². The van der Waals surface area contributed by atoms with Crippen molar-refractivity contribution in [1.29, 1.82) is 0 Å². The smallest absolute Gasteiger partial charge is 0.292 e. The molecule has 0 unspecified atom stereocenters. The number of rotatable bonds is 2. The lowest BCUT2D eigenvalue weighted by Crippen LogP contribution is -2.33. The van der Waals surface area contributed by atoms with Gasteiger partial charge in [0.15, 0.2) is 0 Å². The van der Waals surface area contributed by atoms with Gasteiger partial charge in [-0.2, -0.15) is 0 Å². The van der Waals surface area contributed by atoms with Gasteiger partial charge in [0.2, 0.25) is 5.92 Å². The third kappa shape index (κ3) is 4.42. The van der Waals surface area contributed by atoms with Gasteiger partial charge in [-0.3, -0.25) is 4.79 Å². The molecule has 0 spiro atoms. The minimum absolute atomic E-state index is 0.00856. The molecule has 1 aliphatic rings. The molecule has 1 saturated carbocycles. The Morgan fingerprint density at radius 1 is 1.35 bits per heavy atom. The van der Waals surface area contributed by atoms with Crippen LogP contribution in [-0.4, -0.2) is 19.5 Å². The molecule has 17 heavy (non-hydrogen) atoms. The quantitative estimate of drug-likeness (QED) is 0.778. The van der Waals surface area contributed by atoms with Crippen LogP contribution in [0, 0.1) is 0 Å². The molecule has 5 heteroatoms. The summed E-state index contributed by atoms with van der Waals surface area (Å²) in [6.45, 7) is 0.375. The fourth-order valence-corrected chi connectivity index (χ4v) is 1.90. The molecular formula is C12H13BrF2O2. The predicted molar refractivity (Wildman–Crippen MR) is 64.1 cm³/mol. The second kappa shape index (κ2) is 6.10. The van der Waals surface area contributed by atoms with E-state index in [1.54, 1.807) is 0 Å². The lowest BCUT2D eigenvalue weighted by atomic mass is 9.77. The standard InChI is InChI=1S/C10H9BrF2.C2H4O2/c11-9-3-1-7(2-4-9)8-5-10(12,13)6-8;1-4-2-3/h1-4,8H,5-6H2;2H,1H3. The highest BCUT2D eigenvalue weighted by molar-refractivity contribution is 9.10. The van der Waals surface area contributed by atoms with Gasteiger partial charge in [0.1, 0.15) is 0 Å². The van der Waals surface area contributed by atoms with Crippen LogP contribution in [0.2, 0.25) is 0 Å². The zero-order valence-electron chi connectivity index (χ0n) is 9.33. The van der Waals surface area contributed by atoms with E-state index in [2.05, 4.69) is 20.7 Å². The number of carbonyl (C=O) groups excluding carboxylic acids is 1. The van der Waals surface area contributed by atoms with Crippen molar-refractivity contribution in [2.24, 2.45) is 0 Å². The lowest BCUT2D eigenvalue weighted by Gasteiger charge is -2.35. The van der Waals surface area contributed by atoms with Crippen LogP contribution in [0.15, 0.2) is 28.7 Å². The summed E-state index contributed by atoms with van der Waals surface area (Å²) in [5.74, 6) is -2.36. The van der Waals surface area contributed by atoms with Gasteiger partial charge in [-0.15, -0.1) is 0 Å². The van der Waals surface area contributed by atoms with Crippen molar-refractivity contribution < 1.29 is 18.3 Å².